The maximum atomic E-state index is 13.7. The van der Waals surface area contributed by atoms with Crippen LogP contribution in [-0.2, 0) is 39.4 Å². The molecule has 5 amide bonds. The second-order valence-electron chi connectivity index (χ2n) is 10.4. The van der Waals surface area contributed by atoms with Gasteiger partial charge in [0.15, 0.2) is 0 Å². The highest BCUT2D eigenvalue weighted by Gasteiger charge is 2.56. The Kier molecular flexibility index (Phi) is 7.25. The van der Waals surface area contributed by atoms with Crippen LogP contribution in [0.4, 0.5) is 22.4 Å². The number of nitrogens with zero attached hydrogens (tertiary/aromatic N) is 4. The van der Waals surface area contributed by atoms with Crippen LogP contribution in [-0.4, -0.2) is 62.1 Å². The van der Waals surface area contributed by atoms with Crippen molar-refractivity contribution in [1.29, 1.82) is 0 Å². The molecule has 1 aliphatic heterocycles. The molecule has 1 fully saturated rings. The lowest BCUT2D eigenvalue weighted by atomic mass is 9.90. The number of nitrogens with one attached hydrogen (secondary N) is 1. The van der Waals surface area contributed by atoms with Crippen LogP contribution in [0.3, 0.4) is 0 Å². The number of primary amides is 1. The maximum Gasteiger partial charge on any atom is 0.408 e. The molecule has 14 heteroatoms. The highest BCUT2D eigenvalue weighted by atomic mass is 19.4. The number of halogens is 4. The molecular formula is C28H26F4N6O4. The predicted molar refractivity (Wildman–Crippen MR) is 140 cm³/mol. The SMILES string of the molecule is C[C@H](N(Cc1ccc(F)cc1)C(=O)CN1C(=O)N[C@]2(CCc3ccc(-c4cnn(CC(N)=O)c4)cc32)C1=O)C(F)(F)F. The summed E-state index contributed by atoms with van der Waals surface area (Å²) in [5, 5.41) is 6.78. The van der Waals surface area contributed by atoms with Gasteiger partial charge in [0.1, 0.15) is 30.5 Å². The fourth-order valence-electron chi connectivity index (χ4n) is 5.34. The molecule has 1 spiro atoms. The molecule has 2 heterocycles. The number of benzene rings is 2. The third-order valence-corrected chi connectivity index (χ3v) is 7.62. The number of aryl methyl sites for hydroxylation is 1. The standard InChI is InChI=1S/C28H26F4N6O4/c1-16(28(30,31)32)37(12-17-2-6-21(29)7-3-17)24(40)15-38-25(41)27(35-26(38)42)9-8-18-4-5-19(10-22(18)27)20-11-34-36(13-20)14-23(33)39/h2-7,10-11,13,16H,8-9,12,14-15H2,1H3,(H2,33,39)(H,35,42)/t16-,27-/m0/s1. The van der Waals surface area contributed by atoms with Gasteiger partial charge in [0.05, 0.1) is 6.20 Å². The summed E-state index contributed by atoms with van der Waals surface area (Å²) < 4.78 is 55.8. The summed E-state index contributed by atoms with van der Waals surface area (Å²) in [5.74, 6) is -3.02. The third-order valence-electron chi connectivity index (χ3n) is 7.62. The Morgan fingerprint density at radius 1 is 1.12 bits per heavy atom. The van der Waals surface area contributed by atoms with Crippen molar-refractivity contribution < 1.29 is 36.7 Å². The van der Waals surface area contributed by atoms with Gasteiger partial charge in [-0.15, -0.1) is 0 Å². The fourth-order valence-corrected chi connectivity index (χ4v) is 5.34. The smallest absolute Gasteiger partial charge is 0.368 e. The molecule has 0 unspecified atom stereocenters. The number of nitrogens with two attached hydrogens (primary N) is 1. The second-order valence-corrected chi connectivity index (χ2v) is 10.4. The number of aromatic nitrogens is 2. The monoisotopic (exact) mass is 586 g/mol. The van der Waals surface area contributed by atoms with E-state index in [1.54, 1.807) is 24.4 Å². The molecule has 1 aliphatic carbocycles. The van der Waals surface area contributed by atoms with Gasteiger partial charge in [0.25, 0.3) is 5.91 Å². The lowest BCUT2D eigenvalue weighted by Crippen LogP contribution is -2.51. The molecule has 5 rings (SSSR count). The molecule has 2 atom stereocenters. The molecule has 1 aromatic heterocycles. The van der Waals surface area contributed by atoms with Gasteiger partial charge in [-0.3, -0.25) is 24.0 Å². The average molecular weight is 587 g/mol. The summed E-state index contributed by atoms with van der Waals surface area (Å²) in [6, 6.07) is 6.81. The van der Waals surface area contributed by atoms with E-state index < -0.39 is 60.4 Å². The molecule has 3 aromatic rings. The van der Waals surface area contributed by atoms with E-state index in [1.165, 1.54) is 23.0 Å². The minimum Gasteiger partial charge on any atom is -0.368 e. The van der Waals surface area contributed by atoms with E-state index in [0.29, 0.717) is 32.9 Å². The zero-order chi connectivity index (χ0) is 30.4. The number of urea groups is 1. The highest BCUT2D eigenvalue weighted by Crippen LogP contribution is 2.43. The fraction of sp³-hybridized carbons (Fsp3) is 0.321. The van der Waals surface area contributed by atoms with E-state index in [2.05, 4.69) is 10.4 Å². The van der Waals surface area contributed by atoms with Gasteiger partial charge in [0.2, 0.25) is 11.8 Å². The van der Waals surface area contributed by atoms with E-state index in [-0.39, 0.29) is 18.5 Å². The van der Waals surface area contributed by atoms with Crippen LogP contribution in [0.2, 0.25) is 0 Å². The number of alkyl halides is 3. The molecule has 42 heavy (non-hydrogen) atoms. The van der Waals surface area contributed by atoms with E-state index in [0.717, 1.165) is 24.6 Å². The number of carbonyl (C=O) groups excluding carboxylic acids is 4. The molecule has 220 valence electrons. The third kappa shape index (κ3) is 5.31. The first kappa shape index (κ1) is 28.8. The molecule has 0 saturated carbocycles. The van der Waals surface area contributed by atoms with Crippen molar-refractivity contribution in [3.63, 3.8) is 0 Å². The summed E-state index contributed by atoms with van der Waals surface area (Å²) >= 11 is 0. The predicted octanol–water partition coefficient (Wildman–Crippen LogP) is 2.85. The zero-order valence-corrected chi connectivity index (χ0v) is 22.3. The van der Waals surface area contributed by atoms with Gasteiger partial charge in [0, 0.05) is 18.3 Å². The summed E-state index contributed by atoms with van der Waals surface area (Å²) in [6.07, 6.45) is -1.04. The van der Waals surface area contributed by atoms with Gasteiger partial charge in [-0.1, -0.05) is 24.3 Å². The van der Waals surface area contributed by atoms with Crippen molar-refractivity contribution in [3.8, 4) is 11.1 Å². The summed E-state index contributed by atoms with van der Waals surface area (Å²) in [6.45, 7) is -0.750. The second kappa shape index (κ2) is 10.6. The molecule has 10 nitrogen and oxygen atoms in total. The summed E-state index contributed by atoms with van der Waals surface area (Å²) in [4.78, 5) is 52.4. The lowest BCUT2D eigenvalue weighted by Gasteiger charge is -2.32. The quantitative estimate of drug-likeness (QED) is 0.310. The number of carbonyl (C=O) groups is 4. The summed E-state index contributed by atoms with van der Waals surface area (Å²) in [5.41, 5.74) is 6.53. The first-order valence-corrected chi connectivity index (χ1v) is 13.0. The molecule has 1 saturated heterocycles. The maximum absolute atomic E-state index is 13.7. The number of imide groups is 1. The van der Waals surface area contributed by atoms with Crippen LogP contribution >= 0.6 is 0 Å². The van der Waals surface area contributed by atoms with Gasteiger partial charge in [-0.25, -0.2) is 9.18 Å². The number of hydrogen-bond acceptors (Lipinski definition) is 5. The van der Waals surface area contributed by atoms with Crippen LogP contribution in [0.5, 0.6) is 0 Å². The average Bonchev–Trinajstić information content (AvgIpc) is 3.60. The van der Waals surface area contributed by atoms with Crippen LogP contribution < -0.4 is 11.1 Å². The molecule has 0 radical (unpaired) electrons. The van der Waals surface area contributed by atoms with Crippen LogP contribution in [0.25, 0.3) is 11.1 Å². The van der Waals surface area contributed by atoms with E-state index in [1.807, 2.05) is 0 Å². The number of hydrogen-bond donors (Lipinski definition) is 2. The van der Waals surface area contributed by atoms with Crippen LogP contribution in [0, 0.1) is 5.82 Å². The van der Waals surface area contributed by atoms with Crippen molar-refractivity contribution in [2.45, 2.75) is 50.6 Å². The lowest BCUT2D eigenvalue weighted by molar-refractivity contribution is -0.187. The minimum atomic E-state index is -4.79. The Balaban J connectivity index is 1.40. The Hall–Kier alpha value is -4.75. The summed E-state index contributed by atoms with van der Waals surface area (Å²) in [7, 11) is 0. The van der Waals surface area contributed by atoms with Crippen molar-refractivity contribution in [3.05, 3.63) is 77.4 Å². The van der Waals surface area contributed by atoms with E-state index in [9.17, 15) is 36.7 Å². The Labute approximate surface area is 237 Å². The first-order valence-electron chi connectivity index (χ1n) is 13.0. The van der Waals surface area contributed by atoms with Gasteiger partial charge >= 0.3 is 12.2 Å². The number of rotatable bonds is 8. The Morgan fingerprint density at radius 3 is 2.50 bits per heavy atom. The van der Waals surface area contributed by atoms with Crippen LogP contribution in [0.15, 0.2) is 54.9 Å². The zero-order valence-electron chi connectivity index (χ0n) is 22.3. The van der Waals surface area contributed by atoms with Crippen molar-refractivity contribution >= 4 is 23.8 Å². The van der Waals surface area contributed by atoms with E-state index in [4.69, 9.17) is 5.73 Å². The van der Waals surface area contributed by atoms with Gasteiger partial charge in [-0.2, -0.15) is 18.3 Å². The number of fused-ring (bicyclic) bond motifs is 2. The topological polar surface area (TPSA) is 131 Å². The molecule has 2 aliphatic rings. The largest absolute Gasteiger partial charge is 0.408 e. The Bertz CT molecular complexity index is 1570. The molecule has 3 N–H and O–H groups in total. The van der Waals surface area contributed by atoms with Crippen molar-refractivity contribution in [2.75, 3.05) is 6.54 Å². The number of amides is 5. The Morgan fingerprint density at radius 2 is 1.83 bits per heavy atom. The highest BCUT2D eigenvalue weighted by molar-refractivity contribution is 6.10. The van der Waals surface area contributed by atoms with Crippen LogP contribution in [0.1, 0.15) is 30.0 Å². The molecule has 0 bridgehead atoms. The van der Waals surface area contributed by atoms with Crippen molar-refractivity contribution in [1.82, 2.24) is 24.9 Å². The molecule has 2 aromatic carbocycles. The minimum absolute atomic E-state index is 0.127. The van der Waals surface area contributed by atoms with Crippen molar-refractivity contribution in [2.24, 2.45) is 5.73 Å². The van der Waals surface area contributed by atoms with Gasteiger partial charge < -0.3 is 16.0 Å². The van der Waals surface area contributed by atoms with E-state index >= 15 is 0 Å². The molecular weight excluding hydrogens is 560 g/mol. The first-order chi connectivity index (χ1) is 19.8. The normalized spacial score (nSPS) is 18.7. The van der Waals surface area contributed by atoms with Gasteiger partial charge in [-0.05, 0) is 60.2 Å².